The Morgan fingerprint density at radius 3 is 2.45 bits per heavy atom. The maximum atomic E-state index is 2.56. The first kappa shape index (κ1) is 14.1. The quantitative estimate of drug-likeness (QED) is 0.665. The molecule has 2 aliphatic rings. The van der Waals surface area contributed by atoms with E-state index in [1.165, 1.54) is 24.8 Å². The van der Waals surface area contributed by atoms with E-state index in [1.807, 2.05) is 0 Å². The van der Waals surface area contributed by atoms with E-state index in [0.717, 1.165) is 6.54 Å². The molecule has 1 heteroatoms. The highest BCUT2D eigenvalue weighted by Gasteiger charge is 2.42. The summed E-state index contributed by atoms with van der Waals surface area (Å²) in [5.41, 5.74) is 7.01. The number of likely N-dealkylation sites (N-methyl/N-ethyl adjacent to an activating group) is 1. The number of aryl methyl sites for hydroxylation is 1. The van der Waals surface area contributed by atoms with E-state index in [2.05, 4.69) is 58.7 Å². The normalized spacial score (nSPS) is 25.4. The lowest BCUT2D eigenvalue weighted by molar-refractivity contribution is 0.0908. The molecule has 0 radical (unpaired) electrons. The molecule has 0 saturated heterocycles. The second-order valence-electron chi connectivity index (χ2n) is 8.41. The number of benzene rings is 1. The molecule has 1 atom stereocenters. The number of hydrogen-bond donors (Lipinski definition) is 0. The van der Waals surface area contributed by atoms with E-state index in [1.54, 1.807) is 16.7 Å². The summed E-state index contributed by atoms with van der Waals surface area (Å²) in [6.45, 7) is 12.9. The molecule has 0 fully saturated rings. The molecule has 0 saturated carbocycles. The highest BCUT2D eigenvalue weighted by molar-refractivity contribution is 5.47. The summed E-state index contributed by atoms with van der Waals surface area (Å²) in [6.07, 6.45) is 3.98. The van der Waals surface area contributed by atoms with Gasteiger partial charge in [0.2, 0.25) is 0 Å². The molecule has 1 aromatic rings. The molecule has 20 heavy (non-hydrogen) atoms. The van der Waals surface area contributed by atoms with Gasteiger partial charge in [0, 0.05) is 18.0 Å². The van der Waals surface area contributed by atoms with Gasteiger partial charge in [-0.1, -0.05) is 32.9 Å². The van der Waals surface area contributed by atoms with E-state index >= 15 is 0 Å². The minimum atomic E-state index is 0.254. The minimum Gasteiger partial charge on any atom is -0.296 e. The van der Waals surface area contributed by atoms with Crippen LogP contribution in [0.5, 0.6) is 0 Å². The smallest absolute Gasteiger partial charge is 0.0239 e. The molecule has 0 N–H and O–H groups in total. The topological polar surface area (TPSA) is 3.24 Å². The van der Waals surface area contributed by atoms with Gasteiger partial charge in [0.1, 0.15) is 0 Å². The fraction of sp³-hybridized carbons (Fsp3) is 0.684. The van der Waals surface area contributed by atoms with Crippen LogP contribution in [0.1, 0.15) is 75.6 Å². The summed E-state index contributed by atoms with van der Waals surface area (Å²) in [5.74, 6) is 0.717. The number of hydrogen-bond acceptors (Lipinski definition) is 1. The van der Waals surface area contributed by atoms with Gasteiger partial charge in [-0.2, -0.15) is 0 Å². The highest BCUT2D eigenvalue weighted by atomic mass is 15.2. The van der Waals surface area contributed by atoms with E-state index < -0.39 is 0 Å². The standard InChI is InChI=1S/C19H29N/c1-18(2,3)15-10-13-8-7-9-16-17(13)14(11-15)12-20(6)19(16,4)5/h10-11,16H,7-9,12H2,1-6H3/t16-/m1/s1. The Balaban J connectivity index is 2.19. The maximum absolute atomic E-state index is 2.56. The SMILES string of the molecule is CN1Cc2cc(C(C)(C)C)cc3c2[C@@H](CCC3)C1(C)C. The van der Waals surface area contributed by atoms with Crippen molar-refractivity contribution < 1.29 is 0 Å². The van der Waals surface area contributed by atoms with E-state index in [-0.39, 0.29) is 5.41 Å². The van der Waals surface area contributed by atoms with Crippen molar-refractivity contribution in [3.05, 3.63) is 34.4 Å². The largest absolute Gasteiger partial charge is 0.296 e. The lowest BCUT2D eigenvalue weighted by atomic mass is 9.67. The summed E-state index contributed by atoms with van der Waals surface area (Å²) < 4.78 is 0. The lowest BCUT2D eigenvalue weighted by Gasteiger charge is -2.50. The van der Waals surface area contributed by atoms with Crippen molar-refractivity contribution in [2.24, 2.45) is 0 Å². The van der Waals surface area contributed by atoms with Crippen LogP contribution in [0, 0.1) is 0 Å². The first-order chi connectivity index (χ1) is 9.21. The minimum absolute atomic E-state index is 0.254. The average molecular weight is 271 g/mol. The molecule has 0 spiro atoms. The van der Waals surface area contributed by atoms with Crippen LogP contribution in [-0.4, -0.2) is 17.5 Å². The van der Waals surface area contributed by atoms with Crippen LogP contribution in [0.15, 0.2) is 12.1 Å². The summed E-state index contributed by atoms with van der Waals surface area (Å²) in [7, 11) is 2.29. The lowest BCUT2D eigenvalue weighted by Crippen LogP contribution is -2.50. The molecule has 1 heterocycles. The van der Waals surface area contributed by atoms with Gasteiger partial charge in [-0.05, 0) is 67.8 Å². The number of rotatable bonds is 0. The Bertz CT molecular complexity index is 533. The Hall–Kier alpha value is -0.820. The monoisotopic (exact) mass is 271 g/mol. The molecule has 0 bridgehead atoms. The second kappa shape index (κ2) is 4.34. The van der Waals surface area contributed by atoms with Crippen molar-refractivity contribution in [1.82, 2.24) is 4.90 Å². The Morgan fingerprint density at radius 2 is 1.80 bits per heavy atom. The predicted molar refractivity (Wildman–Crippen MR) is 86.4 cm³/mol. The van der Waals surface area contributed by atoms with Gasteiger partial charge in [-0.25, -0.2) is 0 Å². The molecule has 110 valence electrons. The summed E-state index contributed by atoms with van der Waals surface area (Å²) in [5, 5.41) is 0. The summed E-state index contributed by atoms with van der Waals surface area (Å²) >= 11 is 0. The molecule has 0 amide bonds. The van der Waals surface area contributed by atoms with Crippen LogP contribution in [0.2, 0.25) is 0 Å². The fourth-order valence-electron chi connectivity index (χ4n) is 4.07. The van der Waals surface area contributed by atoms with Crippen molar-refractivity contribution in [3.8, 4) is 0 Å². The van der Waals surface area contributed by atoms with Gasteiger partial charge in [-0.15, -0.1) is 0 Å². The van der Waals surface area contributed by atoms with E-state index in [9.17, 15) is 0 Å². The van der Waals surface area contributed by atoms with E-state index in [4.69, 9.17) is 0 Å². The maximum Gasteiger partial charge on any atom is 0.0239 e. The van der Waals surface area contributed by atoms with E-state index in [0.29, 0.717) is 11.5 Å². The fourth-order valence-corrected chi connectivity index (χ4v) is 4.07. The first-order valence-corrected chi connectivity index (χ1v) is 8.08. The highest BCUT2D eigenvalue weighted by Crippen LogP contribution is 2.48. The Kier molecular flexibility index (Phi) is 3.06. The van der Waals surface area contributed by atoms with Crippen LogP contribution >= 0.6 is 0 Å². The second-order valence-corrected chi connectivity index (χ2v) is 8.41. The zero-order valence-corrected chi connectivity index (χ0v) is 14.0. The summed E-state index contributed by atoms with van der Waals surface area (Å²) in [4.78, 5) is 2.56. The van der Waals surface area contributed by atoms with Crippen LogP contribution < -0.4 is 0 Å². The third kappa shape index (κ3) is 2.02. The zero-order chi connectivity index (χ0) is 14.7. The van der Waals surface area contributed by atoms with Gasteiger partial charge in [-0.3, -0.25) is 4.90 Å². The third-order valence-electron chi connectivity index (χ3n) is 5.75. The van der Waals surface area contributed by atoms with Crippen molar-refractivity contribution in [3.63, 3.8) is 0 Å². The van der Waals surface area contributed by atoms with Crippen molar-refractivity contribution in [1.29, 1.82) is 0 Å². The van der Waals surface area contributed by atoms with Crippen LogP contribution in [0.25, 0.3) is 0 Å². The van der Waals surface area contributed by atoms with Crippen molar-refractivity contribution in [2.75, 3.05) is 7.05 Å². The van der Waals surface area contributed by atoms with Gasteiger partial charge >= 0.3 is 0 Å². The molecule has 1 aliphatic heterocycles. The zero-order valence-electron chi connectivity index (χ0n) is 14.0. The summed E-state index contributed by atoms with van der Waals surface area (Å²) in [6, 6.07) is 5.00. The first-order valence-electron chi connectivity index (χ1n) is 8.08. The molecule has 3 rings (SSSR count). The van der Waals surface area contributed by atoms with Crippen LogP contribution in [0.3, 0.4) is 0 Å². The average Bonchev–Trinajstić information content (AvgIpc) is 2.35. The Labute approximate surface area is 124 Å². The molecule has 0 unspecified atom stereocenters. The van der Waals surface area contributed by atoms with Crippen LogP contribution in [-0.2, 0) is 18.4 Å². The van der Waals surface area contributed by atoms with Gasteiger partial charge in [0.25, 0.3) is 0 Å². The molecule has 1 aromatic carbocycles. The molecule has 1 nitrogen and oxygen atoms in total. The van der Waals surface area contributed by atoms with Crippen molar-refractivity contribution >= 4 is 0 Å². The van der Waals surface area contributed by atoms with Crippen molar-refractivity contribution in [2.45, 2.75) is 77.3 Å². The molecular formula is C19H29N. The van der Waals surface area contributed by atoms with Gasteiger partial charge in [0.05, 0.1) is 0 Å². The van der Waals surface area contributed by atoms with Gasteiger partial charge < -0.3 is 0 Å². The molecular weight excluding hydrogens is 242 g/mol. The predicted octanol–water partition coefficient (Wildman–Crippen LogP) is 4.63. The van der Waals surface area contributed by atoms with Gasteiger partial charge in [0.15, 0.2) is 0 Å². The Morgan fingerprint density at radius 1 is 1.15 bits per heavy atom. The molecule has 1 aliphatic carbocycles. The molecule has 0 aromatic heterocycles. The van der Waals surface area contributed by atoms with Crippen LogP contribution in [0.4, 0.5) is 0 Å². The third-order valence-corrected chi connectivity index (χ3v) is 5.75. The number of nitrogens with zero attached hydrogens (tertiary/aromatic N) is 1.